The van der Waals surface area contributed by atoms with E-state index in [9.17, 15) is 14.7 Å². The number of carbonyl (C=O) groups is 2. The van der Waals surface area contributed by atoms with Crippen LogP contribution >= 0.6 is 11.9 Å². The summed E-state index contributed by atoms with van der Waals surface area (Å²) < 4.78 is 8.40. The van der Waals surface area contributed by atoms with Crippen LogP contribution in [0.1, 0.15) is 26.3 Å². The van der Waals surface area contributed by atoms with Gasteiger partial charge in [-0.05, 0) is 72.1 Å². The highest BCUT2D eigenvalue weighted by molar-refractivity contribution is 8.00. The lowest BCUT2D eigenvalue weighted by molar-refractivity contribution is 0.0683. The van der Waals surface area contributed by atoms with Gasteiger partial charge in [0.2, 0.25) is 0 Å². The van der Waals surface area contributed by atoms with Crippen molar-refractivity contribution in [2.75, 3.05) is 42.9 Å². The van der Waals surface area contributed by atoms with Crippen LogP contribution in [-0.4, -0.2) is 60.3 Å². The molecule has 0 unspecified atom stereocenters. The minimum Gasteiger partial charge on any atom is -0.496 e. The molecule has 182 valence electrons. The minimum atomic E-state index is -0.987. The van der Waals surface area contributed by atoms with E-state index in [1.165, 1.54) is 19.1 Å². The van der Waals surface area contributed by atoms with Crippen molar-refractivity contribution >= 4 is 35.3 Å². The molecule has 1 aliphatic rings. The number of hydrogen-bond acceptors (Lipinski definition) is 7. The third kappa shape index (κ3) is 6.26. The maximum absolute atomic E-state index is 11.5. The Morgan fingerprint density at radius 1 is 0.943 bits per heavy atom. The van der Waals surface area contributed by atoms with Crippen molar-refractivity contribution in [1.29, 1.82) is 0 Å². The summed E-state index contributed by atoms with van der Waals surface area (Å²) in [5.41, 5.74) is 3.49. The van der Waals surface area contributed by atoms with Gasteiger partial charge in [0.05, 0.1) is 12.7 Å². The van der Waals surface area contributed by atoms with Gasteiger partial charge in [-0.2, -0.15) is 0 Å². The fourth-order valence-corrected chi connectivity index (χ4v) is 4.70. The van der Waals surface area contributed by atoms with Gasteiger partial charge in [-0.15, -0.1) is 0 Å². The predicted molar refractivity (Wildman–Crippen MR) is 137 cm³/mol. The van der Waals surface area contributed by atoms with E-state index in [1.807, 2.05) is 24.3 Å². The molecule has 0 radical (unpaired) electrons. The normalized spacial score (nSPS) is 13.9. The highest BCUT2D eigenvalue weighted by atomic mass is 32.2. The lowest BCUT2D eigenvalue weighted by Gasteiger charge is -2.36. The molecule has 0 spiro atoms. The van der Waals surface area contributed by atoms with Crippen LogP contribution in [-0.2, 0) is 6.54 Å². The van der Waals surface area contributed by atoms with Gasteiger partial charge in [0, 0.05) is 49.0 Å². The standard InChI is InChI=1S/C26H27N3O5S/c1-34-24-10-5-18(15-23(24)26(32)33)17-28-11-13-29(14-12-28)21-8-6-20(7-9-21)27-35-22-4-2-3-19(16-22)25(30)31/h2-10,15-16,27H,11-14,17H2,1H3,(H,30,31)(H,32,33). The number of ether oxygens (including phenoxy) is 1. The lowest BCUT2D eigenvalue weighted by atomic mass is 10.1. The van der Waals surface area contributed by atoms with Gasteiger partial charge in [0.1, 0.15) is 11.3 Å². The quantitative estimate of drug-likeness (QED) is 0.371. The number of hydrogen-bond donors (Lipinski definition) is 3. The summed E-state index contributed by atoms with van der Waals surface area (Å²) in [5.74, 6) is -1.55. The van der Waals surface area contributed by atoms with Gasteiger partial charge in [-0.25, -0.2) is 9.59 Å². The largest absolute Gasteiger partial charge is 0.496 e. The SMILES string of the molecule is COc1ccc(CN2CCN(c3ccc(NSc4cccc(C(=O)O)c4)cc3)CC2)cc1C(=O)O. The van der Waals surface area contributed by atoms with E-state index in [4.69, 9.17) is 9.84 Å². The molecular formula is C26H27N3O5S. The summed E-state index contributed by atoms with van der Waals surface area (Å²) in [4.78, 5) is 28.1. The first-order chi connectivity index (χ1) is 16.9. The smallest absolute Gasteiger partial charge is 0.339 e. The average Bonchev–Trinajstić information content (AvgIpc) is 2.88. The fraction of sp³-hybridized carbons (Fsp3) is 0.231. The second-order valence-corrected chi connectivity index (χ2v) is 9.07. The highest BCUT2D eigenvalue weighted by Gasteiger charge is 2.19. The molecule has 0 amide bonds. The van der Waals surface area contributed by atoms with Gasteiger partial charge in [0.15, 0.2) is 0 Å². The van der Waals surface area contributed by atoms with Crippen LogP contribution in [0.2, 0.25) is 0 Å². The van der Waals surface area contributed by atoms with Crippen LogP contribution in [0.5, 0.6) is 5.75 Å². The van der Waals surface area contributed by atoms with Crippen molar-refractivity contribution in [2.45, 2.75) is 11.4 Å². The topological polar surface area (TPSA) is 102 Å². The molecule has 0 aromatic heterocycles. The van der Waals surface area contributed by atoms with Crippen molar-refractivity contribution in [3.63, 3.8) is 0 Å². The van der Waals surface area contributed by atoms with Crippen molar-refractivity contribution in [2.24, 2.45) is 0 Å². The van der Waals surface area contributed by atoms with Crippen LogP contribution < -0.4 is 14.4 Å². The number of carboxylic acid groups (broad SMARTS) is 2. The summed E-state index contributed by atoms with van der Waals surface area (Å²) in [7, 11) is 1.47. The number of anilines is 2. The van der Waals surface area contributed by atoms with Gasteiger partial charge in [-0.1, -0.05) is 12.1 Å². The van der Waals surface area contributed by atoms with Crippen LogP contribution in [0.4, 0.5) is 11.4 Å². The number of rotatable bonds is 9. The molecule has 8 nitrogen and oxygen atoms in total. The van der Waals surface area contributed by atoms with E-state index in [0.29, 0.717) is 12.3 Å². The van der Waals surface area contributed by atoms with Crippen molar-refractivity contribution < 1.29 is 24.5 Å². The Balaban J connectivity index is 1.29. The molecule has 3 aromatic rings. The monoisotopic (exact) mass is 493 g/mol. The number of methoxy groups -OCH3 is 1. The summed E-state index contributed by atoms with van der Waals surface area (Å²) in [6, 6.07) is 20.3. The molecule has 0 saturated carbocycles. The van der Waals surface area contributed by atoms with Crippen LogP contribution in [0.3, 0.4) is 0 Å². The fourth-order valence-electron chi connectivity index (χ4n) is 3.99. The molecule has 4 rings (SSSR count). The number of piperazine rings is 1. The Hall–Kier alpha value is -3.69. The summed E-state index contributed by atoms with van der Waals surface area (Å²) >= 11 is 1.37. The number of carboxylic acids is 2. The second kappa shape index (κ2) is 11.2. The van der Waals surface area contributed by atoms with E-state index >= 15 is 0 Å². The van der Waals surface area contributed by atoms with Gasteiger partial charge in [-0.3, -0.25) is 4.90 Å². The molecule has 0 atom stereocenters. The maximum Gasteiger partial charge on any atom is 0.339 e. The predicted octanol–water partition coefficient (Wildman–Crippen LogP) is 4.53. The average molecular weight is 494 g/mol. The molecule has 0 aliphatic carbocycles. The van der Waals surface area contributed by atoms with E-state index in [1.54, 1.807) is 30.3 Å². The van der Waals surface area contributed by atoms with Crippen LogP contribution in [0.15, 0.2) is 71.6 Å². The molecule has 1 aliphatic heterocycles. The molecule has 1 heterocycles. The zero-order valence-electron chi connectivity index (χ0n) is 19.3. The molecule has 3 N–H and O–H groups in total. The van der Waals surface area contributed by atoms with E-state index in [-0.39, 0.29) is 11.1 Å². The molecule has 1 saturated heterocycles. The first kappa shape index (κ1) is 24.4. The van der Waals surface area contributed by atoms with Gasteiger partial charge < -0.3 is 24.6 Å². The third-order valence-corrected chi connectivity index (χ3v) is 6.70. The van der Waals surface area contributed by atoms with Crippen LogP contribution in [0, 0.1) is 0 Å². The van der Waals surface area contributed by atoms with E-state index in [2.05, 4.69) is 26.7 Å². The van der Waals surface area contributed by atoms with Crippen molar-refractivity contribution in [3.8, 4) is 5.75 Å². The molecule has 0 bridgehead atoms. The Morgan fingerprint density at radius 3 is 2.34 bits per heavy atom. The van der Waals surface area contributed by atoms with E-state index < -0.39 is 11.9 Å². The molecule has 9 heteroatoms. The van der Waals surface area contributed by atoms with Gasteiger partial charge >= 0.3 is 11.9 Å². The number of nitrogens with zero attached hydrogens (tertiary/aromatic N) is 2. The molecule has 35 heavy (non-hydrogen) atoms. The molecule has 1 fully saturated rings. The Morgan fingerprint density at radius 2 is 1.69 bits per heavy atom. The summed E-state index contributed by atoms with van der Waals surface area (Å²) in [5, 5.41) is 18.5. The first-order valence-electron chi connectivity index (χ1n) is 11.2. The second-order valence-electron chi connectivity index (χ2n) is 8.19. The highest BCUT2D eigenvalue weighted by Crippen LogP contribution is 2.26. The Labute approximate surface area is 208 Å². The zero-order valence-corrected chi connectivity index (χ0v) is 20.1. The first-order valence-corrected chi connectivity index (χ1v) is 12.0. The molecular weight excluding hydrogens is 466 g/mol. The van der Waals surface area contributed by atoms with Crippen molar-refractivity contribution in [3.05, 3.63) is 83.4 Å². The van der Waals surface area contributed by atoms with Crippen LogP contribution in [0.25, 0.3) is 0 Å². The van der Waals surface area contributed by atoms with Crippen molar-refractivity contribution in [1.82, 2.24) is 4.90 Å². The Kier molecular flexibility index (Phi) is 7.79. The van der Waals surface area contributed by atoms with E-state index in [0.717, 1.165) is 48.0 Å². The number of benzene rings is 3. The number of aromatic carboxylic acids is 2. The lowest BCUT2D eigenvalue weighted by Crippen LogP contribution is -2.45. The number of nitrogens with one attached hydrogen (secondary N) is 1. The maximum atomic E-state index is 11.5. The van der Waals surface area contributed by atoms with Gasteiger partial charge in [0.25, 0.3) is 0 Å². The minimum absolute atomic E-state index is 0.185. The summed E-state index contributed by atoms with van der Waals surface area (Å²) in [6.07, 6.45) is 0. The Bertz CT molecular complexity index is 1190. The molecule has 3 aromatic carbocycles. The summed E-state index contributed by atoms with van der Waals surface area (Å²) in [6.45, 7) is 4.21. The zero-order chi connectivity index (χ0) is 24.8. The third-order valence-electron chi connectivity index (χ3n) is 5.87.